The zero-order valence-corrected chi connectivity index (χ0v) is 15.0. The third kappa shape index (κ3) is 3.75. The summed E-state index contributed by atoms with van der Waals surface area (Å²) in [4.78, 5) is 13.4. The van der Waals surface area contributed by atoms with Crippen molar-refractivity contribution in [2.24, 2.45) is 0 Å². The number of ether oxygens (including phenoxy) is 1. The molecule has 1 fully saturated rings. The van der Waals surface area contributed by atoms with Gasteiger partial charge in [-0.15, -0.1) is 0 Å². The number of rotatable bonds is 5. The number of carboxylic acid groups (broad SMARTS) is 1. The largest absolute Gasteiger partial charge is 0.480 e. The Kier molecular flexibility index (Phi) is 5.20. The maximum Gasteiger partial charge on any atom is 0.325 e. The number of aromatic nitrogens is 2. The van der Waals surface area contributed by atoms with E-state index in [2.05, 4.69) is 41.2 Å². The van der Waals surface area contributed by atoms with Crippen molar-refractivity contribution >= 4 is 5.97 Å². The lowest BCUT2D eigenvalue weighted by molar-refractivity contribution is -0.137. The Balaban J connectivity index is 1.83. The average Bonchev–Trinajstić information content (AvgIpc) is 2.88. The predicted octanol–water partition coefficient (Wildman–Crippen LogP) is 2.64. The van der Waals surface area contributed by atoms with Crippen molar-refractivity contribution < 1.29 is 14.6 Å². The Morgan fingerprint density at radius 3 is 2.48 bits per heavy atom. The van der Waals surface area contributed by atoms with Crippen LogP contribution < -0.4 is 0 Å². The Morgan fingerprint density at radius 1 is 1.24 bits per heavy atom. The molecular weight excluding hydrogens is 318 g/mol. The van der Waals surface area contributed by atoms with E-state index in [1.54, 1.807) is 4.68 Å². The van der Waals surface area contributed by atoms with Gasteiger partial charge in [0.15, 0.2) is 0 Å². The van der Waals surface area contributed by atoms with Crippen LogP contribution >= 0.6 is 0 Å². The van der Waals surface area contributed by atoms with Crippen molar-refractivity contribution in [3.8, 4) is 11.1 Å². The molecule has 1 saturated heterocycles. The second kappa shape index (κ2) is 7.37. The molecule has 6 nitrogen and oxygen atoms in total. The molecule has 1 aromatic carbocycles. The van der Waals surface area contributed by atoms with Gasteiger partial charge in [0.1, 0.15) is 6.54 Å². The van der Waals surface area contributed by atoms with Crippen molar-refractivity contribution in [1.82, 2.24) is 14.7 Å². The fraction of sp³-hybridized carbons (Fsp3) is 0.474. The maximum atomic E-state index is 11.0. The summed E-state index contributed by atoms with van der Waals surface area (Å²) in [6.07, 6.45) is 0. The van der Waals surface area contributed by atoms with Gasteiger partial charge in [-0.3, -0.25) is 14.4 Å². The third-order valence-corrected chi connectivity index (χ3v) is 4.94. The molecule has 6 heteroatoms. The van der Waals surface area contributed by atoms with E-state index in [0.29, 0.717) is 6.04 Å². The van der Waals surface area contributed by atoms with Gasteiger partial charge in [0, 0.05) is 30.4 Å². The molecule has 1 unspecified atom stereocenters. The minimum absolute atomic E-state index is 0.112. The van der Waals surface area contributed by atoms with Gasteiger partial charge in [0.25, 0.3) is 0 Å². The molecule has 1 aliphatic rings. The van der Waals surface area contributed by atoms with Gasteiger partial charge in [-0.05, 0) is 31.9 Å². The van der Waals surface area contributed by atoms with Crippen molar-refractivity contribution in [2.45, 2.75) is 33.4 Å². The van der Waals surface area contributed by atoms with Gasteiger partial charge in [0.2, 0.25) is 0 Å². The number of benzene rings is 1. The number of aliphatic carboxylic acids is 1. The van der Waals surface area contributed by atoms with Crippen LogP contribution in [0.3, 0.4) is 0 Å². The minimum Gasteiger partial charge on any atom is -0.480 e. The zero-order chi connectivity index (χ0) is 18.0. The third-order valence-electron chi connectivity index (χ3n) is 4.94. The zero-order valence-electron chi connectivity index (χ0n) is 15.0. The Labute approximate surface area is 148 Å². The molecule has 0 saturated carbocycles. The highest BCUT2D eigenvalue weighted by Crippen LogP contribution is 2.29. The standard InChI is InChI=1S/C19H25N3O3/c1-13-19(15(3)22(20-13)12-18(23)24)17-6-4-16(5-7-17)14(2)21-8-10-25-11-9-21/h4-7,14H,8-12H2,1-3H3,(H,23,24). The first-order valence-electron chi connectivity index (χ1n) is 8.65. The molecule has 0 radical (unpaired) electrons. The molecule has 1 atom stereocenters. The van der Waals surface area contributed by atoms with E-state index in [-0.39, 0.29) is 6.54 Å². The van der Waals surface area contributed by atoms with Crippen LogP contribution in [0.4, 0.5) is 0 Å². The van der Waals surface area contributed by atoms with Crippen molar-refractivity contribution in [3.05, 3.63) is 41.2 Å². The molecule has 2 heterocycles. The first-order valence-corrected chi connectivity index (χ1v) is 8.65. The molecule has 3 rings (SSSR count). The number of morpholine rings is 1. The summed E-state index contributed by atoms with van der Waals surface area (Å²) >= 11 is 0. The number of aryl methyl sites for hydroxylation is 1. The smallest absolute Gasteiger partial charge is 0.325 e. The number of hydrogen-bond acceptors (Lipinski definition) is 4. The molecule has 0 aliphatic carbocycles. The van der Waals surface area contributed by atoms with E-state index in [4.69, 9.17) is 9.84 Å². The summed E-state index contributed by atoms with van der Waals surface area (Å²) in [7, 11) is 0. The SMILES string of the molecule is Cc1nn(CC(=O)O)c(C)c1-c1ccc(C(C)N2CCOCC2)cc1. The normalized spacial score (nSPS) is 16.8. The number of carboxylic acids is 1. The molecule has 134 valence electrons. The Morgan fingerprint density at radius 2 is 1.88 bits per heavy atom. The highest BCUT2D eigenvalue weighted by Gasteiger charge is 2.19. The predicted molar refractivity (Wildman–Crippen MR) is 95.6 cm³/mol. The summed E-state index contributed by atoms with van der Waals surface area (Å²) in [6.45, 7) is 9.47. The molecule has 25 heavy (non-hydrogen) atoms. The van der Waals surface area contributed by atoms with E-state index in [9.17, 15) is 4.79 Å². The van der Waals surface area contributed by atoms with Gasteiger partial charge in [-0.2, -0.15) is 5.10 Å². The van der Waals surface area contributed by atoms with E-state index >= 15 is 0 Å². The molecule has 1 aliphatic heterocycles. The first kappa shape index (κ1) is 17.6. The monoisotopic (exact) mass is 343 g/mol. The lowest BCUT2D eigenvalue weighted by atomic mass is 9.99. The molecule has 1 N–H and O–H groups in total. The molecule has 1 aromatic heterocycles. The van der Waals surface area contributed by atoms with Crippen LogP contribution in [0.5, 0.6) is 0 Å². The lowest BCUT2D eigenvalue weighted by Gasteiger charge is -2.32. The molecule has 0 spiro atoms. The summed E-state index contributed by atoms with van der Waals surface area (Å²) in [5.74, 6) is -0.883. The quantitative estimate of drug-likeness (QED) is 0.904. The topological polar surface area (TPSA) is 67.6 Å². The van der Waals surface area contributed by atoms with E-state index < -0.39 is 5.97 Å². The van der Waals surface area contributed by atoms with Crippen molar-refractivity contribution in [2.75, 3.05) is 26.3 Å². The average molecular weight is 343 g/mol. The van der Waals surface area contributed by atoms with E-state index in [0.717, 1.165) is 48.8 Å². The summed E-state index contributed by atoms with van der Waals surface area (Å²) in [5.41, 5.74) is 5.11. The van der Waals surface area contributed by atoms with Gasteiger partial charge in [0.05, 0.1) is 18.9 Å². The fourth-order valence-electron chi connectivity index (χ4n) is 3.50. The van der Waals surface area contributed by atoms with Crippen LogP contribution in [0, 0.1) is 13.8 Å². The highest BCUT2D eigenvalue weighted by molar-refractivity contribution is 5.71. The van der Waals surface area contributed by atoms with Crippen LogP contribution in [-0.4, -0.2) is 52.1 Å². The van der Waals surface area contributed by atoms with Gasteiger partial charge < -0.3 is 9.84 Å². The molecular formula is C19H25N3O3. The summed E-state index contributed by atoms with van der Waals surface area (Å²) in [6, 6.07) is 8.88. The minimum atomic E-state index is -0.883. The van der Waals surface area contributed by atoms with Crippen molar-refractivity contribution in [3.63, 3.8) is 0 Å². The number of hydrogen-bond donors (Lipinski definition) is 1. The molecule has 0 bridgehead atoms. The van der Waals surface area contributed by atoms with Crippen LogP contribution in [0.2, 0.25) is 0 Å². The van der Waals surface area contributed by atoms with Gasteiger partial charge in [-0.1, -0.05) is 24.3 Å². The Hall–Kier alpha value is -2.18. The van der Waals surface area contributed by atoms with Gasteiger partial charge in [-0.25, -0.2) is 0 Å². The van der Waals surface area contributed by atoms with Crippen LogP contribution in [0.15, 0.2) is 24.3 Å². The first-order chi connectivity index (χ1) is 12.0. The van der Waals surface area contributed by atoms with E-state index in [1.807, 2.05) is 13.8 Å². The number of nitrogens with zero attached hydrogens (tertiary/aromatic N) is 3. The molecule has 0 amide bonds. The second-order valence-electron chi connectivity index (χ2n) is 6.54. The van der Waals surface area contributed by atoms with Gasteiger partial charge >= 0.3 is 5.97 Å². The van der Waals surface area contributed by atoms with Crippen LogP contribution in [0.25, 0.3) is 11.1 Å². The fourth-order valence-corrected chi connectivity index (χ4v) is 3.50. The summed E-state index contributed by atoms with van der Waals surface area (Å²) in [5, 5.41) is 13.4. The lowest BCUT2D eigenvalue weighted by Crippen LogP contribution is -2.37. The van der Waals surface area contributed by atoms with Crippen LogP contribution in [-0.2, 0) is 16.1 Å². The highest BCUT2D eigenvalue weighted by atomic mass is 16.5. The Bertz CT molecular complexity index is 746. The second-order valence-corrected chi connectivity index (χ2v) is 6.54. The summed E-state index contributed by atoms with van der Waals surface area (Å²) < 4.78 is 6.98. The van der Waals surface area contributed by atoms with Crippen molar-refractivity contribution in [1.29, 1.82) is 0 Å². The molecule has 2 aromatic rings. The maximum absolute atomic E-state index is 11.0. The van der Waals surface area contributed by atoms with E-state index in [1.165, 1.54) is 5.56 Å². The number of carbonyl (C=O) groups is 1. The van der Waals surface area contributed by atoms with Crippen LogP contribution in [0.1, 0.15) is 29.9 Å².